The molecular formula is C8H15NO. The van der Waals surface area contributed by atoms with Crippen LogP contribution in [0.15, 0.2) is 0 Å². The van der Waals surface area contributed by atoms with Crippen molar-refractivity contribution < 1.29 is 5.11 Å². The van der Waals surface area contributed by atoms with E-state index in [0.717, 1.165) is 31.7 Å². The molecule has 2 heteroatoms. The van der Waals surface area contributed by atoms with Gasteiger partial charge >= 0.3 is 0 Å². The van der Waals surface area contributed by atoms with Gasteiger partial charge in [0.25, 0.3) is 0 Å². The van der Waals surface area contributed by atoms with Crippen molar-refractivity contribution in [2.45, 2.75) is 37.8 Å². The van der Waals surface area contributed by atoms with E-state index in [1.54, 1.807) is 0 Å². The van der Waals surface area contributed by atoms with Crippen LogP contribution in [0, 0.1) is 5.92 Å². The Hall–Kier alpha value is -0.0800. The highest BCUT2D eigenvalue weighted by atomic mass is 16.3. The molecule has 10 heavy (non-hydrogen) atoms. The summed E-state index contributed by atoms with van der Waals surface area (Å²) in [5.41, 5.74) is -0.301. The molecule has 0 radical (unpaired) electrons. The minimum atomic E-state index is -0.301. The Morgan fingerprint density at radius 3 is 2.60 bits per heavy atom. The molecular weight excluding hydrogens is 126 g/mol. The van der Waals surface area contributed by atoms with Crippen LogP contribution in [0.4, 0.5) is 0 Å². The van der Waals surface area contributed by atoms with Crippen molar-refractivity contribution in [3.05, 3.63) is 0 Å². The van der Waals surface area contributed by atoms with Crippen molar-refractivity contribution >= 4 is 0 Å². The SMILES string of the molecule is CC1CNC(C2(O)CC2)C1. The summed E-state index contributed by atoms with van der Waals surface area (Å²) in [6.45, 7) is 3.33. The molecule has 1 aliphatic heterocycles. The normalized spacial score (nSPS) is 43.8. The molecule has 1 saturated heterocycles. The third-order valence-electron chi connectivity index (χ3n) is 2.76. The van der Waals surface area contributed by atoms with Gasteiger partial charge in [-0.1, -0.05) is 6.92 Å². The number of hydrogen-bond acceptors (Lipinski definition) is 2. The van der Waals surface area contributed by atoms with Crippen LogP contribution in [0.5, 0.6) is 0 Å². The maximum atomic E-state index is 9.68. The van der Waals surface area contributed by atoms with Crippen molar-refractivity contribution in [2.75, 3.05) is 6.54 Å². The molecule has 2 atom stereocenters. The molecule has 2 N–H and O–H groups in total. The van der Waals surface area contributed by atoms with E-state index in [1.807, 2.05) is 0 Å². The molecule has 0 aromatic heterocycles. The first kappa shape index (κ1) is 6.62. The van der Waals surface area contributed by atoms with E-state index in [2.05, 4.69) is 12.2 Å². The van der Waals surface area contributed by atoms with Crippen molar-refractivity contribution in [3.63, 3.8) is 0 Å². The van der Waals surface area contributed by atoms with Gasteiger partial charge in [0.05, 0.1) is 5.60 Å². The fourth-order valence-electron chi connectivity index (χ4n) is 1.80. The summed E-state index contributed by atoms with van der Waals surface area (Å²) < 4.78 is 0. The minimum Gasteiger partial charge on any atom is -0.388 e. The first-order chi connectivity index (χ1) is 4.71. The smallest absolute Gasteiger partial charge is 0.0802 e. The fraction of sp³-hybridized carbons (Fsp3) is 1.00. The predicted molar refractivity (Wildman–Crippen MR) is 39.8 cm³/mol. The molecule has 0 aromatic carbocycles. The zero-order valence-electron chi connectivity index (χ0n) is 6.43. The Bertz CT molecular complexity index is 142. The summed E-state index contributed by atoms with van der Waals surface area (Å²) in [6, 6.07) is 0.405. The molecule has 2 nitrogen and oxygen atoms in total. The molecule has 2 aliphatic rings. The van der Waals surface area contributed by atoms with Gasteiger partial charge in [0.1, 0.15) is 0 Å². The topological polar surface area (TPSA) is 32.3 Å². The van der Waals surface area contributed by atoms with Crippen molar-refractivity contribution in [1.29, 1.82) is 0 Å². The highest BCUT2D eigenvalue weighted by Crippen LogP contribution is 2.42. The second-order valence-corrected chi connectivity index (χ2v) is 3.91. The Balaban J connectivity index is 1.95. The molecule has 0 amide bonds. The highest BCUT2D eigenvalue weighted by Gasteiger charge is 2.49. The van der Waals surface area contributed by atoms with Gasteiger partial charge in [-0.15, -0.1) is 0 Å². The lowest BCUT2D eigenvalue weighted by atomic mass is 10.0. The van der Waals surface area contributed by atoms with Gasteiger partial charge < -0.3 is 10.4 Å². The van der Waals surface area contributed by atoms with Crippen LogP contribution >= 0.6 is 0 Å². The largest absolute Gasteiger partial charge is 0.388 e. The van der Waals surface area contributed by atoms with Gasteiger partial charge in [-0.3, -0.25) is 0 Å². The van der Waals surface area contributed by atoms with Crippen LogP contribution in [-0.2, 0) is 0 Å². The van der Waals surface area contributed by atoms with Gasteiger partial charge in [0, 0.05) is 6.04 Å². The number of hydrogen-bond donors (Lipinski definition) is 2. The second-order valence-electron chi connectivity index (χ2n) is 3.91. The van der Waals surface area contributed by atoms with E-state index < -0.39 is 0 Å². The van der Waals surface area contributed by atoms with E-state index in [-0.39, 0.29) is 5.60 Å². The number of rotatable bonds is 1. The highest BCUT2D eigenvalue weighted by molar-refractivity contribution is 5.05. The van der Waals surface area contributed by atoms with Crippen molar-refractivity contribution in [3.8, 4) is 0 Å². The number of aliphatic hydroxyl groups is 1. The van der Waals surface area contributed by atoms with Crippen LogP contribution in [0.25, 0.3) is 0 Å². The summed E-state index contributed by atoms with van der Waals surface area (Å²) in [4.78, 5) is 0. The van der Waals surface area contributed by atoms with Gasteiger partial charge in [-0.25, -0.2) is 0 Å². The zero-order chi connectivity index (χ0) is 7.19. The lowest BCUT2D eigenvalue weighted by Crippen LogP contribution is -2.36. The monoisotopic (exact) mass is 141 g/mol. The van der Waals surface area contributed by atoms with Gasteiger partial charge in [-0.05, 0) is 31.7 Å². The quantitative estimate of drug-likeness (QED) is 0.557. The molecule has 1 saturated carbocycles. The summed E-state index contributed by atoms with van der Waals surface area (Å²) in [5, 5.41) is 13.0. The standard InChI is InChI=1S/C8H15NO/c1-6-4-7(9-5-6)8(10)2-3-8/h6-7,9-10H,2-5H2,1H3. The van der Waals surface area contributed by atoms with Gasteiger partial charge in [0.15, 0.2) is 0 Å². The fourth-order valence-corrected chi connectivity index (χ4v) is 1.80. The number of nitrogens with one attached hydrogen (secondary N) is 1. The maximum Gasteiger partial charge on any atom is 0.0802 e. The molecule has 2 unspecified atom stereocenters. The molecule has 0 aromatic rings. The van der Waals surface area contributed by atoms with Gasteiger partial charge in [-0.2, -0.15) is 0 Å². The predicted octanol–water partition coefficient (Wildman–Crippen LogP) is 0.509. The Morgan fingerprint density at radius 2 is 2.20 bits per heavy atom. The summed E-state index contributed by atoms with van der Waals surface area (Å²) in [6.07, 6.45) is 3.19. The van der Waals surface area contributed by atoms with Crippen LogP contribution in [0.1, 0.15) is 26.2 Å². The maximum absolute atomic E-state index is 9.68. The summed E-state index contributed by atoms with van der Waals surface area (Å²) in [5.74, 6) is 0.759. The molecule has 1 aliphatic carbocycles. The third kappa shape index (κ3) is 0.956. The lowest BCUT2D eigenvalue weighted by Gasteiger charge is -2.16. The first-order valence-electron chi connectivity index (χ1n) is 4.16. The van der Waals surface area contributed by atoms with Crippen LogP contribution < -0.4 is 5.32 Å². The minimum absolute atomic E-state index is 0.301. The first-order valence-corrected chi connectivity index (χ1v) is 4.16. The average Bonchev–Trinajstić information content (AvgIpc) is 2.45. The molecule has 0 bridgehead atoms. The summed E-state index contributed by atoms with van der Waals surface area (Å²) in [7, 11) is 0. The molecule has 2 rings (SSSR count). The zero-order valence-corrected chi connectivity index (χ0v) is 6.43. The Morgan fingerprint density at radius 1 is 1.50 bits per heavy atom. The summed E-state index contributed by atoms with van der Waals surface area (Å²) >= 11 is 0. The molecule has 58 valence electrons. The molecule has 2 fully saturated rings. The van der Waals surface area contributed by atoms with E-state index in [4.69, 9.17) is 0 Å². The third-order valence-corrected chi connectivity index (χ3v) is 2.76. The van der Waals surface area contributed by atoms with E-state index in [1.165, 1.54) is 0 Å². The van der Waals surface area contributed by atoms with Gasteiger partial charge in [0.2, 0.25) is 0 Å². The van der Waals surface area contributed by atoms with E-state index in [9.17, 15) is 5.11 Å². The Labute approximate surface area is 61.6 Å². The average molecular weight is 141 g/mol. The lowest BCUT2D eigenvalue weighted by molar-refractivity contribution is 0.110. The second kappa shape index (κ2) is 1.95. The molecule has 0 spiro atoms. The van der Waals surface area contributed by atoms with Crippen LogP contribution in [0.3, 0.4) is 0 Å². The van der Waals surface area contributed by atoms with E-state index in [0.29, 0.717) is 6.04 Å². The van der Waals surface area contributed by atoms with Crippen LogP contribution in [-0.4, -0.2) is 23.3 Å². The molecule has 1 heterocycles. The van der Waals surface area contributed by atoms with E-state index >= 15 is 0 Å². The van der Waals surface area contributed by atoms with Crippen molar-refractivity contribution in [1.82, 2.24) is 5.32 Å². The Kier molecular flexibility index (Phi) is 1.29. The van der Waals surface area contributed by atoms with Crippen LogP contribution in [0.2, 0.25) is 0 Å². The van der Waals surface area contributed by atoms with Crippen molar-refractivity contribution in [2.24, 2.45) is 5.92 Å².